The lowest BCUT2D eigenvalue weighted by Gasteiger charge is -2.18. The summed E-state index contributed by atoms with van der Waals surface area (Å²) in [7, 11) is 3.11. The maximum atomic E-state index is 13.0. The average molecular weight is 429 g/mol. The fourth-order valence-electron chi connectivity index (χ4n) is 2.71. The number of aromatic nitrogens is 2. The lowest BCUT2D eigenvalue weighted by atomic mass is 10.2. The molecule has 9 nitrogen and oxygen atoms in total. The van der Waals surface area contributed by atoms with Crippen molar-refractivity contribution < 1.29 is 27.9 Å². The summed E-state index contributed by atoms with van der Waals surface area (Å²) in [6, 6.07) is 12.4. The van der Waals surface area contributed by atoms with Gasteiger partial charge in [-0.25, -0.2) is 9.18 Å². The highest BCUT2D eigenvalue weighted by Crippen LogP contribution is 2.19. The van der Waals surface area contributed by atoms with Gasteiger partial charge in [0.2, 0.25) is 5.89 Å². The Morgan fingerprint density at radius 1 is 1.16 bits per heavy atom. The van der Waals surface area contributed by atoms with Gasteiger partial charge in [0.25, 0.3) is 5.91 Å². The second kappa shape index (κ2) is 9.70. The molecule has 3 aromatic rings. The molecule has 1 aromatic heterocycles. The summed E-state index contributed by atoms with van der Waals surface area (Å²) in [4.78, 5) is 37.6. The predicted molar refractivity (Wildman–Crippen MR) is 107 cm³/mol. The van der Waals surface area contributed by atoms with Crippen LogP contribution in [0.3, 0.4) is 0 Å². The summed E-state index contributed by atoms with van der Waals surface area (Å²) < 4.78 is 29.0. The van der Waals surface area contributed by atoms with Gasteiger partial charge in [0.15, 0.2) is 6.61 Å². The van der Waals surface area contributed by atoms with E-state index in [9.17, 15) is 18.8 Å². The predicted octanol–water partition coefficient (Wildman–Crippen LogP) is 1.85. The first-order valence-corrected chi connectivity index (χ1v) is 9.22. The third-order valence-electron chi connectivity index (χ3n) is 4.36. The number of ether oxygens (including phenoxy) is 2. The molecule has 0 aliphatic carbocycles. The number of benzene rings is 2. The van der Waals surface area contributed by atoms with Crippen LogP contribution in [0.2, 0.25) is 0 Å². The molecule has 0 aliphatic rings. The van der Waals surface area contributed by atoms with E-state index >= 15 is 0 Å². The first kappa shape index (κ1) is 21.8. The lowest BCUT2D eigenvalue weighted by Crippen LogP contribution is -2.32. The van der Waals surface area contributed by atoms with Crippen LogP contribution in [0.1, 0.15) is 5.56 Å². The van der Waals surface area contributed by atoms with E-state index in [4.69, 9.17) is 13.9 Å². The van der Waals surface area contributed by atoms with Crippen molar-refractivity contribution in [3.8, 4) is 17.2 Å². The normalized spacial score (nSPS) is 10.5. The van der Waals surface area contributed by atoms with Crippen molar-refractivity contribution in [2.75, 3.05) is 20.8 Å². The third-order valence-corrected chi connectivity index (χ3v) is 4.36. The van der Waals surface area contributed by atoms with Crippen molar-refractivity contribution in [2.45, 2.75) is 13.1 Å². The zero-order valence-electron chi connectivity index (χ0n) is 16.9. The van der Waals surface area contributed by atoms with E-state index in [2.05, 4.69) is 5.10 Å². The molecule has 0 unspecified atom stereocenters. The van der Waals surface area contributed by atoms with Crippen LogP contribution in [0, 0.1) is 5.82 Å². The monoisotopic (exact) mass is 429 g/mol. The van der Waals surface area contributed by atoms with Gasteiger partial charge in [-0.3, -0.25) is 9.59 Å². The van der Waals surface area contributed by atoms with Crippen LogP contribution in [0.5, 0.6) is 5.75 Å². The van der Waals surface area contributed by atoms with Crippen LogP contribution >= 0.6 is 0 Å². The number of amides is 1. The first-order chi connectivity index (χ1) is 14.9. The average Bonchev–Trinajstić information content (AvgIpc) is 3.12. The van der Waals surface area contributed by atoms with Gasteiger partial charge in [-0.2, -0.15) is 4.68 Å². The molecule has 1 amide bonds. The number of hydrogen-bond acceptors (Lipinski definition) is 7. The largest absolute Gasteiger partial charge is 0.496 e. The molecule has 10 heteroatoms. The molecule has 0 radical (unpaired) electrons. The van der Waals surface area contributed by atoms with Gasteiger partial charge in [0.1, 0.15) is 18.1 Å². The number of methoxy groups -OCH3 is 1. The van der Waals surface area contributed by atoms with Gasteiger partial charge in [-0.15, -0.1) is 5.10 Å². The maximum absolute atomic E-state index is 13.0. The smallest absolute Gasteiger partial charge is 0.437 e. The van der Waals surface area contributed by atoms with E-state index in [-0.39, 0.29) is 12.4 Å². The Morgan fingerprint density at radius 3 is 2.58 bits per heavy atom. The topological polar surface area (TPSA) is 104 Å². The minimum absolute atomic E-state index is 0.0644. The molecule has 0 saturated carbocycles. The Morgan fingerprint density at radius 2 is 1.87 bits per heavy atom. The molecule has 0 spiro atoms. The fraction of sp³-hybridized carbons (Fsp3) is 0.238. The van der Waals surface area contributed by atoms with Gasteiger partial charge in [0, 0.05) is 24.7 Å². The minimum atomic E-state index is -0.879. The summed E-state index contributed by atoms with van der Waals surface area (Å²) in [5.41, 5.74) is 1.17. The number of hydrogen-bond donors (Lipinski definition) is 0. The summed E-state index contributed by atoms with van der Waals surface area (Å²) in [5, 5.41) is 3.89. The van der Waals surface area contributed by atoms with Crippen LogP contribution in [0.4, 0.5) is 4.39 Å². The quantitative estimate of drug-likeness (QED) is 0.504. The lowest BCUT2D eigenvalue weighted by molar-refractivity contribution is -0.152. The molecule has 0 saturated heterocycles. The Kier molecular flexibility index (Phi) is 6.81. The Bertz CT molecular complexity index is 1120. The fourth-order valence-corrected chi connectivity index (χ4v) is 2.71. The summed E-state index contributed by atoms with van der Waals surface area (Å²) in [6.07, 6.45) is 0. The number of nitrogens with zero attached hydrogens (tertiary/aromatic N) is 3. The number of likely N-dealkylation sites (N-methyl/N-ethyl adjacent to an activating group) is 1. The molecule has 0 fully saturated rings. The SMILES string of the molecule is COc1ccccc1CN(C)C(=O)COC(=O)Cn1nc(-c2ccc(F)cc2)oc1=O. The van der Waals surface area contributed by atoms with Gasteiger partial charge < -0.3 is 18.8 Å². The van der Waals surface area contributed by atoms with Crippen molar-refractivity contribution in [1.29, 1.82) is 0 Å². The molecule has 0 bridgehead atoms. The van der Waals surface area contributed by atoms with E-state index in [1.165, 1.54) is 36.3 Å². The van der Waals surface area contributed by atoms with Gasteiger partial charge in [0.05, 0.1) is 7.11 Å². The highest BCUT2D eigenvalue weighted by molar-refractivity contribution is 5.80. The van der Waals surface area contributed by atoms with Crippen LogP contribution in [0.15, 0.2) is 57.7 Å². The molecular formula is C21H20FN3O6. The number of carbonyl (C=O) groups excluding carboxylic acids is 2. The molecule has 31 heavy (non-hydrogen) atoms. The summed E-state index contributed by atoms with van der Waals surface area (Å²) >= 11 is 0. The molecule has 3 rings (SSSR count). The molecule has 0 N–H and O–H groups in total. The maximum Gasteiger partial charge on any atom is 0.437 e. The number of halogens is 1. The highest BCUT2D eigenvalue weighted by atomic mass is 19.1. The highest BCUT2D eigenvalue weighted by Gasteiger charge is 2.17. The number of para-hydroxylation sites is 1. The van der Waals surface area contributed by atoms with Crippen molar-refractivity contribution >= 4 is 11.9 Å². The van der Waals surface area contributed by atoms with Crippen molar-refractivity contribution in [1.82, 2.24) is 14.7 Å². The second-order valence-corrected chi connectivity index (χ2v) is 6.56. The molecule has 1 heterocycles. The van der Waals surface area contributed by atoms with E-state index in [0.29, 0.717) is 11.3 Å². The molecule has 2 aromatic carbocycles. The molecule has 162 valence electrons. The van der Waals surface area contributed by atoms with E-state index in [1.54, 1.807) is 13.1 Å². The zero-order chi connectivity index (χ0) is 22.4. The standard InChI is InChI=1S/C21H20FN3O6/c1-24(11-15-5-3-4-6-17(15)29-2)18(26)13-30-19(27)12-25-21(28)31-20(23-25)14-7-9-16(22)10-8-14/h3-10H,11-13H2,1-2H3. The second-order valence-electron chi connectivity index (χ2n) is 6.56. The van der Waals surface area contributed by atoms with E-state index in [0.717, 1.165) is 10.2 Å². The van der Waals surface area contributed by atoms with Gasteiger partial charge in [-0.05, 0) is 30.3 Å². The number of esters is 1. The van der Waals surface area contributed by atoms with Crippen LogP contribution < -0.4 is 10.5 Å². The Balaban J connectivity index is 1.54. The molecule has 0 atom stereocenters. The molecular weight excluding hydrogens is 409 g/mol. The van der Waals surface area contributed by atoms with Gasteiger partial charge in [-0.1, -0.05) is 18.2 Å². The number of rotatable bonds is 8. The Hall–Kier alpha value is -3.95. The van der Waals surface area contributed by atoms with Crippen LogP contribution in [-0.4, -0.2) is 47.3 Å². The van der Waals surface area contributed by atoms with Gasteiger partial charge >= 0.3 is 11.7 Å². The van der Waals surface area contributed by atoms with Crippen molar-refractivity contribution in [3.05, 3.63) is 70.5 Å². The zero-order valence-corrected chi connectivity index (χ0v) is 16.9. The number of carbonyl (C=O) groups is 2. The third kappa shape index (κ3) is 5.56. The van der Waals surface area contributed by atoms with Crippen molar-refractivity contribution in [3.63, 3.8) is 0 Å². The van der Waals surface area contributed by atoms with E-state index < -0.39 is 36.6 Å². The molecule has 0 aliphatic heterocycles. The van der Waals surface area contributed by atoms with Crippen molar-refractivity contribution in [2.24, 2.45) is 0 Å². The summed E-state index contributed by atoms with van der Waals surface area (Å²) in [5.74, 6) is -2.02. The van der Waals surface area contributed by atoms with Crippen LogP contribution in [0.25, 0.3) is 11.5 Å². The first-order valence-electron chi connectivity index (χ1n) is 9.22. The Labute approximate surface area is 176 Å². The van der Waals surface area contributed by atoms with Crippen LogP contribution in [-0.2, 0) is 27.4 Å². The van der Waals surface area contributed by atoms with E-state index in [1.807, 2.05) is 18.2 Å². The minimum Gasteiger partial charge on any atom is -0.496 e. The summed E-state index contributed by atoms with van der Waals surface area (Å²) in [6.45, 7) is -0.765.